The van der Waals surface area contributed by atoms with Crippen molar-refractivity contribution in [3.63, 3.8) is 0 Å². The maximum atomic E-state index is 12.0. The Morgan fingerprint density at radius 3 is 2.70 bits per heavy atom. The molecule has 7 nitrogen and oxygen atoms in total. The molecule has 0 radical (unpaired) electrons. The molecule has 20 heavy (non-hydrogen) atoms. The molecule has 104 valence electrons. The van der Waals surface area contributed by atoms with Crippen LogP contribution in [0.5, 0.6) is 0 Å². The largest absolute Gasteiger partial charge is 0.381 e. The number of rotatable bonds is 3. The van der Waals surface area contributed by atoms with Gasteiger partial charge in [0.05, 0.1) is 18.1 Å². The van der Waals surface area contributed by atoms with Gasteiger partial charge < -0.3 is 10.1 Å². The fourth-order valence-corrected chi connectivity index (χ4v) is 2.10. The Balaban J connectivity index is 1.64. The lowest BCUT2D eigenvalue weighted by Gasteiger charge is -2.21. The minimum Gasteiger partial charge on any atom is -0.381 e. The first-order valence-corrected chi connectivity index (χ1v) is 6.53. The minimum atomic E-state index is 0.00346. The molecule has 1 aliphatic heterocycles. The number of hydrogen-bond donors (Lipinski definition) is 1. The van der Waals surface area contributed by atoms with Gasteiger partial charge in [-0.2, -0.15) is 5.10 Å². The van der Waals surface area contributed by atoms with Gasteiger partial charge in [0.1, 0.15) is 0 Å². The molecule has 1 fully saturated rings. The van der Waals surface area contributed by atoms with Gasteiger partial charge in [0.2, 0.25) is 5.91 Å². The number of hydrogen-bond acceptors (Lipinski definition) is 5. The molecule has 0 spiro atoms. The van der Waals surface area contributed by atoms with Crippen molar-refractivity contribution in [1.82, 2.24) is 19.7 Å². The Morgan fingerprint density at radius 1 is 1.30 bits per heavy atom. The molecule has 7 heteroatoms. The van der Waals surface area contributed by atoms with E-state index in [2.05, 4.69) is 20.4 Å². The topological polar surface area (TPSA) is 81.9 Å². The van der Waals surface area contributed by atoms with Crippen LogP contribution >= 0.6 is 0 Å². The normalized spacial score (nSPS) is 16.0. The zero-order valence-corrected chi connectivity index (χ0v) is 10.9. The van der Waals surface area contributed by atoms with Crippen LogP contribution in [0.15, 0.2) is 30.9 Å². The first kappa shape index (κ1) is 12.7. The third-order valence-corrected chi connectivity index (χ3v) is 3.21. The van der Waals surface area contributed by atoms with Crippen molar-refractivity contribution in [2.45, 2.75) is 12.8 Å². The highest BCUT2D eigenvalue weighted by molar-refractivity contribution is 5.92. The number of ether oxygens (including phenoxy) is 1. The molecule has 1 aliphatic rings. The van der Waals surface area contributed by atoms with Crippen LogP contribution in [0, 0.1) is 5.92 Å². The van der Waals surface area contributed by atoms with Gasteiger partial charge in [0.25, 0.3) is 5.95 Å². The van der Waals surface area contributed by atoms with E-state index in [1.165, 1.54) is 0 Å². The summed E-state index contributed by atoms with van der Waals surface area (Å²) in [6.07, 6.45) is 8.11. The van der Waals surface area contributed by atoms with E-state index in [9.17, 15) is 4.79 Å². The highest BCUT2D eigenvalue weighted by atomic mass is 16.5. The van der Waals surface area contributed by atoms with Crippen molar-refractivity contribution in [3.8, 4) is 5.95 Å². The molecule has 0 saturated carbocycles. The second-order valence-electron chi connectivity index (χ2n) is 4.60. The average molecular weight is 273 g/mol. The number of nitrogens with one attached hydrogen (secondary N) is 1. The maximum absolute atomic E-state index is 12.0. The van der Waals surface area contributed by atoms with Crippen molar-refractivity contribution in [1.29, 1.82) is 0 Å². The SMILES string of the molecule is O=C(Nc1cnc(-n2cccn2)nc1)C1CCOCC1. The predicted molar refractivity (Wildman–Crippen MR) is 71.3 cm³/mol. The molecule has 0 bridgehead atoms. The summed E-state index contributed by atoms with van der Waals surface area (Å²) in [6, 6.07) is 1.80. The summed E-state index contributed by atoms with van der Waals surface area (Å²) >= 11 is 0. The van der Waals surface area contributed by atoms with E-state index in [0.717, 1.165) is 12.8 Å². The molecule has 3 heterocycles. The average Bonchev–Trinajstić information content (AvgIpc) is 3.03. The zero-order chi connectivity index (χ0) is 13.8. The number of nitrogens with zero attached hydrogens (tertiary/aromatic N) is 4. The second kappa shape index (κ2) is 5.79. The Bertz CT molecular complexity index is 561. The van der Waals surface area contributed by atoms with Crippen LogP contribution < -0.4 is 5.32 Å². The molecule has 0 aliphatic carbocycles. The molecule has 0 unspecified atom stereocenters. The Labute approximate surface area is 116 Å². The number of aromatic nitrogens is 4. The summed E-state index contributed by atoms with van der Waals surface area (Å²) in [7, 11) is 0. The first-order valence-electron chi connectivity index (χ1n) is 6.53. The van der Waals surface area contributed by atoms with Crippen LogP contribution in [-0.4, -0.2) is 38.9 Å². The fraction of sp³-hybridized carbons (Fsp3) is 0.385. The number of carbonyl (C=O) groups excluding carboxylic acids is 1. The third-order valence-electron chi connectivity index (χ3n) is 3.21. The van der Waals surface area contributed by atoms with Crippen molar-refractivity contribution in [2.75, 3.05) is 18.5 Å². The summed E-state index contributed by atoms with van der Waals surface area (Å²) in [4.78, 5) is 20.4. The van der Waals surface area contributed by atoms with Gasteiger partial charge in [-0.1, -0.05) is 0 Å². The lowest BCUT2D eigenvalue weighted by atomic mass is 9.99. The monoisotopic (exact) mass is 273 g/mol. The highest BCUT2D eigenvalue weighted by Crippen LogP contribution is 2.17. The van der Waals surface area contributed by atoms with Gasteiger partial charge in [-0.05, 0) is 18.9 Å². The van der Waals surface area contributed by atoms with Gasteiger partial charge in [-0.15, -0.1) is 0 Å². The second-order valence-corrected chi connectivity index (χ2v) is 4.60. The van der Waals surface area contributed by atoms with Crippen LogP contribution in [0.1, 0.15) is 12.8 Å². The van der Waals surface area contributed by atoms with Gasteiger partial charge in [-0.25, -0.2) is 14.6 Å². The molecule has 1 amide bonds. The van der Waals surface area contributed by atoms with Gasteiger partial charge in [0, 0.05) is 31.5 Å². The highest BCUT2D eigenvalue weighted by Gasteiger charge is 2.21. The Morgan fingerprint density at radius 2 is 2.05 bits per heavy atom. The number of amides is 1. The van der Waals surface area contributed by atoms with Crippen molar-refractivity contribution in [2.24, 2.45) is 5.92 Å². The zero-order valence-electron chi connectivity index (χ0n) is 10.9. The first-order chi connectivity index (χ1) is 9.83. The van der Waals surface area contributed by atoms with E-state index in [0.29, 0.717) is 24.8 Å². The van der Waals surface area contributed by atoms with Crippen molar-refractivity contribution in [3.05, 3.63) is 30.9 Å². The summed E-state index contributed by atoms with van der Waals surface area (Å²) in [5.41, 5.74) is 0.595. The lowest BCUT2D eigenvalue weighted by Crippen LogP contribution is -2.28. The van der Waals surface area contributed by atoms with Crippen LogP contribution in [0.2, 0.25) is 0 Å². The smallest absolute Gasteiger partial charge is 0.250 e. The summed E-state index contributed by atoms with van der Waals surface area (Å²) in [5.74, 6) is 0.484. The molecule has 1 N–H and O–H groups in total. The third kappa shape index (κ3) is 2.83. The Kier molecular flexibility index (Phi) is 3.69. The number of carbonyl (C=O) groups is 1. The van der Waals surface area contributed by atoms with Gasteiger partial charge in [0.15, 0.2) is 0 Å². The van der Waals surface area contributed by atoms with E-state index in [1.807, 2.05) is 0 Å². The van der Waals surface area contributed by atoms with E-state index in [4.69, 9.17) is 4.74 Å². The molecule has 2 aromatic rings. The standard InChI is InChI=1S/C13H15N5O2/c19-12(10-2-6-20-7-3-10)17-11-8-14-13(15-9-11)18-5-1-4-16-18/h1,4-5,8-10H,2-3,6-7H2,(H,17,19). The van der Waals surface area contributed by atoms with Crippen LogP contribution in [0.4, 0.5) is 5.69 Å². The Hall–Kier alpha value is -2.28. The van der Waals surface area contributed by atoms with Crippen LogP contribution in [0.25, 0.3) is 5.95 Å². The van der Waals surface area contributed by atoms with Crippen LogP contribution in [0.3, 0.4) is 0 Å². The summed E-state index contributed by atoms with van der Waals surface area (Å²) < 4.78 is 6.80. The molecular formula is C13H15N5O2. The summed E-state index contributed by atoms with van der Waals surface area (Å²) in [6.45, 7) is 1.29. The quantitative estimate of drug-likeness (QED) is 0.903. The van der Waals surface area contributed by atoms with E-state index >= 15 is 0 Å². The molecule has 0 atom stereocenters. The van der Waals surface area contributed by atoms with Gasteiger partial charge >= 0.3 is 0 Å². The van der Waals surface area contributed by atoms with Crippen molar-refractivity contribution >= 4 is 11.6 Å². The van der Waals surface area contributed by atoms with Gasteiger partial charge in [-0.3, -0.25) is 4.79 Å². The fourth-order valence-electron chi connectivity index (χ4n) is 2.10. The lowest BCUT2D eigenvalue weighted by molar-refractivity contribution is -0.122. The van der Waals surface area contributed by atoms with Crippen molar-refractivity contribution < 1.29 is 9.53 Å². The minimum absolute atomic E-state index is 0.00346. The van der Waals surface area contributed by atoms with E-state index in [1.54, 1.807) is 35.5 Å². The van der Waals surface area contributed by atoms with E-state index in [-0.39, 0.29) is 11.8 Å². The molecule has 1 saturated heterocycles. The number of anilines is 1. The summed E-state index contributed by atoms with van der Waals surface area (Å²) in [5, 5.41) is 6.88. The van der Waals surface area contributed by atoms with E-state index < -0.39 is 0 Å². The molecular weight excluding hydrogens is 258 g/mol. The molecule has 3 rings (SSSR count). The van der Waals surface area contributed by atoms with Crippen LogP contribution in [-0.2, 0) is 9.53 Å². The molecule has 2 aromatic heterocycles. The predicted octanol–water partition coefficient (Wildman–Crippen LogP) is 1.03. The molecule has 0 aromatic carbocycles. The maximum Gasteiger partial charge on any atom is 0.250 e.